The number of amides is 1. The second kappa shape index (κ2) is 5.46. The Kier molecular flexibility index (Phi) is 3.29. The number of benzene rings is 1. The molecule has 0 bridgehead atoms. The highest BCUT2D eigenvalue weighted by Gasteiger charge is 2.26. The summed E-state index contributed by atoms with van der Waals surface area (Å²) in [5, 5.41) is 11.0. The second-order valence-corrected chi connectivity index (χ2v) is 5.93. The van der Waals surface area contributed by atoms with E-state index in [1.807, 2.05) is 30.5 Å². The third kappa shape index (κ3) is 2.79. The van der Waals surface area contributed by atoms with Crippen molar-refractivity contribution in [3.63, 3.8) is 0 Å². The van der Waals surface area contributed by atoms with Crippen LogP contribution < -0.4 is 10.1 Å². The van der Waals surface area contributed by atoms with Gasteiger partial charge in [0.05, 0.1) is 19.2 Å². The molecule has 2 heterocycles. The van der Waals surface area contributed by atoms with E-state index in [2.05, 4.69) is 20.5 Å². The molecule has 3 N–H and O–H groups in total. The molecule has 6 nitrogen and oxygen atoms in total. The van der Waals surface area contributed by atoms with E-state index >= 15 is 0 Å². The predicted octanol–water partition coefficient (Wildman–Crippen LogP) is 2.96. The van der Waals surface area contributed by atoms with Crippen LogP contribution in [0.25, 0.3) is 10.9 Å². The molecular weight excluding hydrogens is 292 g/mol. The molecule has 1 saturated carbocycles. The molecule has 1 fully saturated rings. The summed E-state index contributed by atoms with van der Waals surface area (Å²) in [5.74, 6) is 1.94. The van der Waals surface area contributed by atoms with E-state index in [4.69, 9.17) is 4.74 Å². The maximum atomic E-state index is 12.3. The first-order valence-corrected chi connectivity index (χ1v) is 7.72. The van der Waals surface area contributed by atoms with Gasteiger partial charge < -0.3 is 15.0 Å². The van der Waals surface area contributed by atoms with Crippen molar-refractivity contribution in [2.75, 3.05) is 12.4 Å². The van der Waals surface area contributed by atoms with Gasteiger partial charge in [0, 0.05) is 29.1 Å². The van der Waals surface area contributed by atoms with Crippen LogP contribution in [0.2, 0.25) is 0 Å². The Morgan fingerprint density at radius 3 is 3.04 bits per heavy atom. The summed E-state index contributed by atoms with van der Waals surface area (Å²) in [7, 11) is 1.63. The maximum Gasteiger partial charge on any atom is 0.230 e. The molecule has 0 saturated heterocycles. The van der Waals surface area contributed by atoms with Crippen molar-refractivity contribution in [2.24, 2.45) is 0 Å². The molecule has 2 aromatic heterocycles. The third-order valence-corrected chi connectivity index (χ3v) is 4.19. The Labute approximate surface area is 133 Å². The molecule has 23 heavy (non-hydrogen) atoms. The number of aromatic nitrogens is 3. The smallest absolute Gasteiger partial charge is 0.230 e. The van der Waals surface area contributed by atoms with Crippen molar-refractivity contribution in [2.45, 2.75) is 25.2 Å². The minimum Gasteiger partial charge on any atom is -0.497 e. The van der Waals surface area contributed by atoms with Gasteiger partial charge in [0.25, 0.3) is 0 Å². The van der Waals surface area contributed by atoms with E-state index in [0.29, 0.717) is 18.2 Å². The molecule has 1 amide bonds. The number of hydrogen-bond donors (Lipinski definition) is 3. The molecule has 1 aliphatic rings. The van der Waals surface area contributed by atoms with Crippen LogP contribution in [0.4, 0.5) is 5.82 Å². The van der Waals surface area contributed by atoms with Crippen molar-refractivity contribution >= 4 is 22.6 Å². The Hall–Kier alpha value is -2.76. The number of methoxy groups -OCH3 is 1. The third-order valence-electron chi connectivity index (χ3n) is 4.19. The van der Waals surface area contributed by atoms with Gasteiger partial charge in [0.2, 0.25) is 5.91 Å². The van der Waals surface area contributed by atoms with E-state index in [1.165, 1.54) is 12.8 Å². The Balaban J connectivity index is 1.49. The first kappa shape index (κ1) is 13.9. The summed E-state index contributed by atoms with van der Waals surface area (Å²) < 4.78 is 5.25. The summed E-state index contributed by atoms with van der Waals surface area (Å²) in [5.41, 5.74) is 2.97. The summed E-state index contributed by atoms with van der Waals surface area (Å²) in [6.07, 6.45) is 4.54. The lowest BCUT2D eigenvalue weighted by molar-refractivity contribution is -0.115. The van der Waals surface area contributed by atoms with Crippen molar-refractivity contribution in [1.82, 2.24) is 15.2 Å². The molecule has 0 spiro atoms. The van der Waals surface area contributed by atoms with Gasteiger partial charge in [-0.25, -0.2) is 0 Å². The number of carbonyl (C=O) groups is 1. The number of H-pyrrole nitrogens is 2. The van der Waals surface area contributed by atoms with Gasteiger partial charge in [0.15, 0.2) is 0 Å². The van der Waals surface area contributed by atoms with Crippen molar-refractivity contribution < 1.29 is 9.53 Å². The number of anilines is 1. The molecule has 0 unspecified atom stereocenters. The molecule has 1 aliphatic carbocycles. The zero-order valence-corrected chi connectivity index (χ0v) is 12.8. The lowest BCUT2D eigenvalue weighted by Crippen LogP contribution is -2.14. The molecular formula is C17H18N4O2. The molecule has 3 aromatic rings. The molecule has 118 valence electrons. The number of ether oxygens (including phenoxy) is 1. The molecule has 0 radical (unpaired) electrons. The minimum absolute atomic E-state index is 0.0697. The Morgan fingerprint density at radius 2 is 2.26 bits per heavy atom. The Bertz CT molecular complexity index is 860. The molecule has 0 aliphatic heterocycles. The van der Waals surface area contributed by atoms with Crippen molar-refractivity contribution in [3.05, 3.63) is 41.7 Å². The maximum absolute atomic E-state index is 12.3. The first-order chi connectivity index (χ1) is 11.2. The highest BCUT2D eigenvalue weighted by Crippen LogP contribution is 2.39. The number of carbonyl (C=O) groups excluding carboxylic acids is 1. The highest BCUT2D eigenvalue weighted by atomic mass is 16.5. The summed E-state index contributed by atoms with van der Waals surface area (Å²) in [4.78, 5) is 15.4. The van der Waals surface area contributed by atoms with Crippen LogP contribution in [0, 0.1) is 0 Å². The van der Waals surface area contributed by atoms with Crippen LogP contribution in [0.1, 0.15) is 30.0 Å². The highest BCUT2D eigenvalue weighted by molar-refractivity contribution is 5.95. The number of nitrogens with one attached hydrogen (secondary N) is 3. The van der Waals surface area contributed by atoms with E-state index < -0.39 is 0 Å². The van der Waals surface area contributed by atoms with Gasteiger partial charge in [0.1, 0.15) is 11.6 Å². The predicted molar refractivity (Wildman–Crippen MR) is 87.7 cm³/mol. The molecule has 4 rings (SSSR count). The van der Waals surface area contributed by atoms with Gasteiger partial charge in [-0.2, -0.15) is 5.10 Å². The number of rotatable bonds is 5. The summed E-state index contributed by atoms with van der Waals surface area (Å²) in [6.45, 7) is 0. The van der Waals surface area contributed by atoms with Crippen LogP contribution >= 0.6 is 0 Å². The molecule has 0 atom stereocenters. The standard InChI is InChI=1S/C17H18N4O2/c1-23-12-4-5-14-13(7-12)11(9-18-14)6-17(22)19-16-8-15(20-21-16)10-2-3-10/h4-5,7-10,18H,2-3,6H2,1H3,(H2,19,20,21,22). The monoisotopic (exact) mass is 310 g/mol. The number of aromatic amines is 2. The lowest BCUT2D eigenvalue weighted by Gasteiger charge is -2.03. The van der Waals surface area contributed by atoms with Gasteiger partial charge in [-0.15, -0.1) is 0 Å². The van der Waals surface area contributed by atoms with Gasteiger partial charge >= 0.3 is 0 Å². The first-order valence-electron chi connectivity index (χ1n) is 7.72. The van der Waals surface area contributed by atoms with E-state index in [0.717, 1.165) is 27.9 Å². The van der Waals surface area contributed by atoms with Crippen LogP contribution in [0.5, 0.6) is 5.75 Å². The largest absolute Gasteiger partial charge is 0.497 e. The second-order valence-electron chi connectivity index (χ2n) is 5.93. The van der Waals surface area contributed by atoms with Gasteiger partial charge in [-0.1, -0.05) is 0 Å². The lowest BCUT2D eigenvalue weighted by atomic mass is 10.1. The van der Waals surface area contributed by atoms with E-state index in [9.17, 15) is 4.79 Å². The Morgan fingerprint density at radius 1 is 1.39 bits per heavy atom. The minimum atomic E-state index is -0.0697. The van der Waals surface area contributed by atoms with Gasteiger partial charge in [-0.05, 0) is 36.6 Å². The fourth-order valence-electron chi connectivity index (χ4n) is 2.79. The van der Waals surface area contributed by atoms with E-state index in [1.54, 1.807) is 7.11 Å². The SMILES string of the molecule is COc1ccc2[nH]cc(CC(=O)Nc3cc(C4CC4)n[nH]3)c2c1. The number of hydrogen-bond acceptors (Lipinski definition) is 3. The quantitative estimate of drug-likeness (QED) is 0.677. The summed E-state index contributed by atoms with van der Waals surface area (Å²) in [6, 6.07) is 7.71. The number of nitrogens with zero attached hydrogens (tertiary/aromatic N) is 1. The van der Waals surface area contributed by atoms with Gasteiger partial charge in [-0.3, -0.25) is 9.89 Å². The fraction of sp³-hybridized carbons (Fsp3) is 0.294. The van der Waals surface area contributed by atoms with Crippen LogP contribution in [-0.4, -0.2) is 28.2 Å². The zero-order chi connectivity index (χ0) is 15.8. The number of fused-ring (bicyclic) bond motifs is 1. The van der Waals surface area contributed by atoms with E-state index in [-0.39, 0.29) is 5.91 Å². The summed E-state index contributed by atoms with van der Waals surface area (Å²) >= 11 is 0. The van der Waals surface area contributed by atoms with Crippen LogP contribution in [-0.2, 0) is 11.2 Å². The van der Waals surface area contributed by atoms with Crippen molar-refractivity contribution in [1.29, 1.82) is 0 Å². The molecule has 1 aromatic carbocycles. The van der Waals surface area contributed by atoms with Crippen LogP contribution in [0.15, 0.2) is 30.5 Å². The fourth-order valence-corrected chi connectivity index (χ4v) is 2.79. The average Bonchev–Trinajstić information content (AvgIpc) is 3.19. The zero-order valence-electron chi connectivity index (χ0n) is 12.8. The topological polar surface area (TPSA) is 82.8 Å². The van der Waals surface area contributed by atoms with Crippen molar-refractivity contribution in [3.8, 4) is 5.75 Å². The van der Waals surface area contributed by atoms with Crippen LogP contribution in [0.3, 0.4) is 0 Å². The normalized spacial score (nSPS) is 14.1. The average molecular weight is 310 g/mol. The molecule has 6 heteroatoms.